The van der Waals surface area contributed by atoms with Gasteiger partial charge in [0.15, 0.2) is 0 Å². The molecule has 2 heterocycles. The third-order valence-corrected chi connectivity index (χ3v) is 5.09. The van der Waals surface area contributed by atoms with E-state index in [-0.39, 0.29) is 5.56 Å². The second-order valence-corrected chi connectivity index (χ2v) is 7.41. The van der Waals surface area contributed by atoms with Gasteiger partial charge in [0.25, 0.3) is 5.56 Å². The first-order valence-electron chi connectivity index (χ1n) is 10.8. The normalized spacial score (nSPS) is 10.8. The highest BCUT2D eigenvalue weighted by Crippen LogP contribution is 2.17. The van der Waals surface area contributed by atoms with Gasteiger partial charge in [-0.1, -0.05) is 43.2 Å². The molecule has 0 aliphatic heterocycles. The zero-order chi connectivity index (χ0) is 21.0. The van der Waals surface area contributed by atoms with Crippen LogP contribution in [-0.2, 0) is 13.0 Å². The lowest BCUT2D eigenvalue weighted by Gasteiger charge is -2.15. The molecule has 3 rings (SSSR count). The zero-order valence-electron chi connectivity index (χ0n) is 17.5. The quantitative estimate of drug-likeness (QED) is 0.447. The molecule has 3 aromatic rings. The van der Waals surface area contributed by atoms with Crippen LogP contribution in [0.3, 0.4) is 0 Å². The van der Waals surface area contributed by atoms with E-state index >= 15 is 0 Å². The predicted octanol–water partition coefficient (Wildman–Crippen LogP) is 3.87. The van der Waals surface area contributed by atoms with E-state index in [0.717, 1.165) is 57.2 Å². The Hall–Kier alpha value is -2.99. The van der Waals surface area contributed by atoms with Gasteiger partial charge in [-0.15, -0.1) is 0 Å². The van der Waals surface area contributed by atoms with E-state index in [4.69, 9.17) is 10.7 Å². The maximum absolute atomic E-state index is 12.9. The molecule has 0 unspecified atom stereocenters. The van der Waals surface area contributed by atoms with E-state index < -0.39 is 0 Å². The number of aryl methyl sites for hydroxylation is 1. The van der Waals surface area contributed by atoms with Crippen molar-refractivity contribution in [3.05, 3.63) is 76.8 Å². The van der Waals surface area contributed by atoms with E-state index in [2.05, 4.69) is 34.6 Å². The van der Waals surface area contributed by atoms with Crippen molar-refractivity contribution < 1.29 is 0 Å². The molecular formula is C24H31N5O. The summed E-state index contributed by atoms with van der Waals surface area (Å²) in [6, 6.07) is 15.8. The molecule has 0 aliphatic carbocycles. The van der Waals surface area contributed by atoms with Gasteiger partial charge in [0, 0.05) is 37.1 Å². The van der Waals surface area contributed by atoms with Gasteiger partial charge in [0.1, 0.15) is 0 Å². The fourth-order valence-corrected chi connectivity index (χ4v) is 3.43. The van der Waals surface area contributed by atoms with Crippen LogP contribution < -0.4 is 16.6 Å². The molecule has 0 amide bonds. The molecule has 0 saturated heterocycles. The highest BCUT2D eigenvalue weighted by atomic mass is 16.1. The number of pyridine rings is 1. The minimum absolute atomic E-state index is 0.0267. The number of nitrogens with zero attached hydrogens (tertiary/aromatic N) is 3. The molecule has 158 valence electrons. The molecule has 6 heteroatoms. The molecule has 0 spiro atoms. The summed E-state index contributed by atoms with van der Waals surface area (Å²) in [4.78, 5) is 21.7. The molecule has 0 saturated carbocycles. The van der Waals surface area contributed by atoms with Crippen LogP contribution in [0.15, 0.2) is 65.7 Å². The third-order valence-electron chi connectivity index (χ3n) is 5.09. The molecule has 6 nitrogen and oxygen atoms in total. The summed E-state index contributed by atoms with van der Waals surface area (Å²) in [5, 5.41) is 3.40. The Morgan fingerprint density at radius 1 is 0.933 bits per heavy atom. The molecule has 3 N–H and O–H groups in total. The first-order chi connectivity index (χ1) is 14.8. The molecule has 30 heavy (non-hydrogen) atoms. The Bertz CT molecular complexity index is 941. The van der Waals surface area contributed by atoms with Gasteiger partial charge in [0.05, 0.1) is 5.69 Å². The van der Waals surface area contributed by atoms with Crippen molar-refractivity contribution >= 4 is 5.95 Å². The Balaban J connectivity index is 1.70. The average molecular weight is 406 g/mol. The SMILES string of the molecule is NCCCCCCn1c(NCCCc2ccccc2)nc(-c2ccncc2)cc1=O. The van der Waals surface area contributed by atoms with E-state index in [1.165, 1.54) is 5.56 Å². The molecule has 0 bridgehead atoms. The number of nitrogens with one attached hydrogen (secondary N) is 1. The van der Waals surface area contributed by atoms with Crippen LogP contribution in [-0.4, -0.2) is 27.6 Å². The van der Waals surface area contributed by atoms with Crippen molar-refractivity contribution in [2.24, 2.45) is 5.73 Å². The molecule has 0 aliphatic rings. The van der Waals surface area contributed by atoms with Crippen molar-refractivity contribution in [2.45, 2.75) is 45.1 Å². The van der Waals surface area contributed by atoms with E-state index in [1.807, 2.05) is 18.2 Å². The van der Waals surface area contributed by atoms with E-state index in [0.29, 0.717) is 18.2 Å². The molecule has 0 radical (unpaired) electrons. The van der Waals surface area contributed by atoms with Crippen LogP contribution in [0.4, 0.5) is 5.95 Å². The Morgan fingerprint density at radius 2 is 1.70 bits per heavy atom. The summed E-state index contributed by atoms with van der Waals surface area (Å²) in [5.41, 5.74) is 8.43. The maximum Gasteiger partial charge on any atom is 0.255 e. The van der Waals surface area contributed by atoms with Crippen LogP contribution in [0.25, 0.3) is 11.3 Å². The zero-order valence-corrected chi connectivity index (χ0v) is 17.5. The van der Waals surface area contributed by atoms with Crippen LogP contribution in [0.2, 0.25) is 0 Å². The van der Waals surface area contributed by atoms with Crippen LogP contribution in [0, 0.1) is 0 Å². The summed E-state index contributed by atoms with van der Waals surface area (Å²) in [6.45, 7) is 2.14. The Kier molecular flexibility index (Phi) is 8.60. The summed E-state index contributed by atoms with van der Waals surface area (Å²) < 4.78 is 1.76. The fraction of sp³-hybridized carbons (Fsp3) is 0.375. The third kappa shape index (κ3) is 6.52. The second kappa shape index (κ2) is 11.9. The van der Waals surface area contributed by atoms with Gasteiger partial charge < -0.3 is 11.1 Å². The number of unbranched alkanes of at least 4 members (excludes halogenated alkanes) is 3. The molecule has 2 aromatic heterocycles. The van der Waals surface area contributed by atoms with Crippen molar-refractivity contribution in [1.82, 2.24) is 14.5 Å². The van der Waals surface area contributed by atoms with Crippen molar-refractivity contribution in [1.29, 1.82) is 0 Å². The van der Waals surface area contributed by atoms with Crippen molar-refractivity contribution in [3.63, 3.8) is 0 Å². The van der Waals surface area contributed by atoms with Crippen molar-refractivity contribution in [3.8, 4) is 11.3 Å². The number of benzene rings is 1. The lowest BCUT2D eigenvalue weighted by atomic mass is 10.1. The molecule has 1 aromatic carbocycles. The van der Waals surface area contributed by atoms with E-state index in [1.54, 1.807) is 23.0 Å². The monoisotopic (exact) mass is 405 g/mol. The summed E-state index contributed by atoms with van der Waals surface area (Å²) in [7, 11) is 0. The Morgan fingerprint density at radius 3 is 2.47 bits per heavy atom. The average Bonchev–Trinajstić information content (AvgIpc) is 2.79. The minimum Gasteiger partial charge on any atom is -0.356 e. The van der Waals surface area contributed by atoms with Crippen LogP contribution >= 0.6 is 0 Å². The smallest absolute Gasteiger partial charge is 0.255 e. The van der Waals surface area contributed by atoms with Gasteiger partial charge >= 0.3 is 0 Å². The predicted molar refractivity (Wildman–Crippen MR) is 123 cm³/mol. The highest BCUT2D eigenvalue weighted by molar-refractivity contribution is 5.59. The number of nitrogens with two attached hydrogens (primary N) is 1. The highest BCUT2D eigenvalue weighted by Gasteiger charge is 2.10. The number of hydrogen-bond donors (Lipinski definition) is 2. The Labute approximate surface area is 178 Å². The second-order valence-electron chi connectivity index (χ2n) is 7.41. The van der Waals surface area contributed by atoms with Crippen LogP contribution in [0.1, 0.15) is 37.7 Å². The van der Waals surface area contributed by atoms with Gasteiger partial charge in [-0.3, -0.25) is 14.3 Å². The lowest BCUT2D eigenvalue weighted by Crippen LogP contribution is -2.25. The summed E-state index contributed by atoms with van der Waals surface area (Å²) in [5.74, 6) is 0.640. The molecule has 0 atom stereocenters. The summed E-state index contributed by atoms with van der Waals surface area (Å²) in [6.07, 6.45) is 9.50. The maximum atomic E-state index is 12.9. The van der Waals surface area contributed by atoms with Gasteiger partial charge in [-0.2, -0.15) is 0 Å². The first kappa shape index (κ1) is 21.7. The number of anilines is 1. The number of aromatic nitrogens is 3. The lowest BCUT2D eigenvalue weighted by molar-refractivity contribution is 0.562. The first-order valence-corrected chi connectivity index (χ1v) is 10.8. The minimum atomic E-state index is -0.0267. The largest absolute Gasteiger partial charge is 0.356 e. The summed E-state index contributed by atoms with van der Waals surface area (Å²) >= 11 is 0. The standard InChI is InChI=1S/C24H31N5O/c25-14-6-1-2-7-18-29-23(30)19-22(21-12-16-26-17-13-21)28-24(29)27-15-8-11-20-9-4-3-5-10-20/h3-5,9-10,12-13,16-17,19H,1-2,6-8,11,14-15,18,25H2,(H,27,28). The number of rotatable bonds is 12. The van der Waals surface area contributed by atoms with Gasteiger partial charge in [-0.25, -0.2) is 4.98 Å². The number of hydrogen-bond acceptors (Lipinski definition) is 5. The van der Waals surface area contributed by atoms with Crippen molar-refractivity contribution in [2.75, 3.05) is 18.4 Å². The van der Waals surface area contributed by atoms with E-state index in [9.17, 15) is 4.79 Å². The van der Waals surface area contributed by atoms with Gasteiger partial charge in [-0.05, 0) is 49.9 Å². The van der Waals surface area contributed by atoms with Gasteiger partial charge in [0.2, 0.25) is 5.95 Å². The topological polar surface area (TPSA) is 85.8 Å². The fourth-order valence-electron chi connectivity index (χ4n) is 3.43. The molecule has 0 fully saturated rings. The van der Waals surface area contributed by atoms with Crippen LogP contribution in [0.5, 0.6) is 0 Å². The molecular weight excluding hydrogens is 374 g/mol.